The molecule has 11 nitrogen and oxygen atoms in total. The first-order valence-electron chi connectivity index (χ1n) is 25.0. The van der Waals surface area contributed by atoms with E-state index in [0.29, 0.717) is 18.1 Å². The number of H-pyrrole nitrogens is 3. The lowest BCUT2D eigenvalue weighted by Crippen LogP contribution is -2.49. The van der Waals surface area contributed by atoms with Gasteiger partial charge >= 0.3 is 14.1 Å². The molecule has 352 valence electrons. The lowest BCUT2D eigenvalue weighted by molar-refractivity contribution is 0.281. The van der Waals surface area contributed by atoms with E-state index in [0.717, 1.165) is 78.0 Å². The number of benzene rings is 5. The first-order chi connectivity index (χ1) is 33.3. The summed E-state index contributed by atoms with van der Waals surface area (Å²) >= 11 is 0. The summed E-state index contributed by atoms with van der Waals surface area (Å²) in [5.41, 5.74) is 10.1. The van der Waals surface area contributed by atoms with Gasteiger partial charge in [0.15, 0.2) is 0 Å². The molecule has 0 bridgehead atoms. The Morgan fingerprint density at radius 1 is 0.515 bits per heavy atom. The molecular weight excluding hydrogens is 840 g/mol. The summed E-state index contributed by atoms with van der Waals surface area (Å²) in [6.45, 7) is 11.6. The SMILES string of the molecule is CB(O)N1CCC(N(Cc2ccccc2)c2ccc3[nH]ccc3c2)CC1.CB(O)N1CCC(Nc2ccc3[nH]ccc3c2)CC1.c1ccc(CN(c2ccc3[nH]ccc3c2)C2CCNCC2)cc1. The van der Waals surface area contributed by atoms with E-state index in [4.69, 9.17) is 0 Å². The Kier molecular flexibility index (Phi) is 15.9. The number of hydrogen-bond acceptors (Lipinski definition) is 8. The smallest absolute Gasteiger partial charge is 0.376 e. The Morgan fingerprint density at radius 2 is 0.941 bits per heavy atom. The van der Waals surface area contributed by atoms with E-state index < -0.39 is 0 Å². The van der Waals surface area contributed by atoms with Crippen molar-refractivity contribution in [2.75, 3.05) is 54.4 Å². The third-order valence-electron chi connectivity index (χ3n) is 14.3. The number of nitrogens with one attached hydrogen (secondary N) is 5. The molecule has 3 saturated heterocycles. The van der Waals surface area contributed by atoms with Crippen molar-refractivity contribution in [3.05, 3.63) is 163 Å². The maximum absolute atomic E-state index is 9.86. The molecule has 0 atom stereocenters. The van der Waals surface area contributed by atoms with E-state index in [-0.39, 0.29) is 14.1 Å². The number of aromatic amines is 3. The second-order valence-corrected chi connectivity index (χ2v) is 19.0. The number of nitrogens with zero attached hydrogens (tertiary/aromatic N) is 4. The molecule has 0 radical (unpaired) electrons. The molecule has 0 unspecified atom stereocenters. The van der Waals surface area contributed by atoms with E-state index in [1.54, 1.807) is 0 Å². The molecule has 3 aliphatic rings. The van der Waals surface area contributed by atoms with Crippen LogP contribution < -0.4 is 20.4 Å². The number of piperidine rings is 3. The number of rotatable bonds is 12. The summed E-state index contributed by atoms with van der Waals surface area (Å²) in [4.78, 5) is 19.2. The van der Waals surface area contributed by atoms with Crippen LogP contribution in [0.3, 0.4) is 0 Å². The number of fused-ring (bicyclic) bond motifs is 3. The lowest BCUT2D eigenvalue weighted by Gasteiger charge is -2.40. The second-order valence-electron chi connectivity index (χ2n) is 19.0. The van der Waals surface area contributed by atoms with E-state index in [2.05, 4.69) is 178 Å². The first-order valence-corrected chi connectivity index (χ1v) is 25.0. The topological polar surface area (TPSA) is 125 Å². The molecule has 7 N–H and O–H groups in total. The van der Waals surface area contributed by atoms with Crippen molar-refractivity contribution in [2.24, 2.45) is 0 Å². The fraction of sp³-hybridized carbons (Fsp3) is 0.345. The van der Waals surface area contributed by atoms with Crippen molar-refractivity contribution in [3.63, 3.8) is 0 Å². The minimum absolute atomic E-state index is 0.322. The Hall–Kier alpha value is -5.95. The van der Waals surface area contributed by atoms with Gasteiger partial charge in [0.25, 0.3) is 0 Å². The third-order valence-corrected chi connectivity index (χ3v) is 14.3. The molecule has 11 rings (SSSR count). The Balaban J connectivity index is 0.000000129. The third kappa shape index (κ3) is 12.2. The lowest BCUT2D eigenvalue weighted by atomic mass is 9.82. The molecule has 8 aromatic rings. The van der Waals surface area contributed by atoms with E-state index in [1.165, 1.54) is 73.7 Å². The number of aromatic nitrogens is 3. The molecule has 0 aliphatic carbocycles. The highest BCUT2D eigenvalue weighted by molar-refractivity contribution is 6.45. The van der Waals surface area contributed by atoms with Crippen LogP contribution in [0.15, 0.2) is 152 Å². The van der Waals surface area contributed by atoms with Gasteiger partial charge in [0.05, 0.1) is 0 Å². The van der Waals surface area contributed by atoms with Crippen LogP contribution in [0, 0.1) is 0 Å². The summed E-state index contributed by atoms with van der Waals surface area (Å²) in [5, 5.41) is 30.3. The van der Waals surface area contributed by atoms with Crippen molar-refractivity contribution < 1.29 is 10.0 Å². The van der Waals surface area contributed by atoms with E-state index >= 15 is 0 Å². The van der Waals surface area contributed by atoms with Gasteiger partial charge in [-0.2, -0.15) is 0 Å². The highest BCUT2D eigenvalue weighted by Gasteiger charge is 2.29. The van der Waals surface area contributed by atoms with Gasteiger partial charge in [0.1, 0.15) is 0 Å². The van der Waals surface area contributed by atoms with Crippen molar-refractivity contribution in [3.8, 4) is 0 Å². The summed E-state index contributed by atoms with van der Waals surface area (Å²) in [5.74, 6) is 0. The molecule has 5 aromatic carbocycles. The fourth-order valence-electron chi connectivity index (χ4n) is 10.3. The molecular formula is C55H69B2N9O2. The highest BCUT2D eigenvalue weighted by atomic mass is 16.2. The minimum Gasteiger partial charge on any atom is -0.437 e. The maximum atomic E-state index is 9.86. The molecule has 6 heterocycles. The summed E-state index contributed by atoms with van der Waals surface area (Å²) < 4.78 is 0. The molecule has 0 spiro atoms. The second kappa shape index (κ2) is 22.9. The van der Waals surface area contributed by atoms with Gasteiger partial charge in [-0.05, 0) is 175 Å². The fourth-order valence-corrected chi connectivity index (χ4v) is 10.3. The Morgan fingerprint density at radius 3 is 1.41 bits per heavy atom. The zero-order valence-corrected chi connectivity index (χ0v) is 39.9. The summed E-state index contributed by atoms with van der Waals surface area (Å²) in [6.07, 6.45) is 12.7. The van der Waals surface area contributed by atoms with Crippen LogP contribution in [0.25, 0.3) is 32.7 Å². The Bertz CT molecular complexity index is 2740. The summed E-state index contributed by atoms with van der Waals surface area (Å²) in [7, 11) is -0.674. The van der Waals surface area contributed by atoms with Crippen molar-refractivity contribution in [1.29, 1.82) is 0 Å². The van der Waals surface area contributed by atoms with E-state index in [9.17, 15) is 10.0 Å². The number of anilines is 3. The van der Waals surface area contributed by atoms with Crippen LogP contribution in [0.4, 0.5) is 17.1 Å². The normalized spacial score (nSPS) is 16.5. The maximum Gasteiger partial charge on any atom is 0.376 e. The quantitative estimate of drug-likeness (QED) is 0.0605. The highest BCUT2D eigenvalue weighted by Crippen LogP contribution is 2.30. The average molecular weight is 910 g/mol. The van der Waals surface area contributed by atoms with Crippen LogP contribution in [-0.2, 0) is 13.1 Å². The molecule has 13 heteroatoms. The van der Waals surface area contributed by atoms with Crippen molar-refractivity contribution >= 4 is 63.9 Å². The molecule has 0 amide bonds. The molecule has 3 aromatic heterocycles. The summed E-state index contributed by atoms with van der Waals surface area (Å²) in [6, 6.07) is 49.4. The van der Waals surface area contributed by atoms with Gasteiger partial charge in [-0.1, -0.05) is 60.7 Å². The monoisotopic (exact) mass is 910 g/mol. The van der Waals surface area contributed by atoms with E-state index in [1.807, 2.05) is 32.2 Å². The van der Waals surface area contributed by atoms with Crippen LogP contribution >= 0.6 is 0 Å². The zero-order chi connectivity index (χ0) is 46.7. The number of hydrogen-bond donors (Lipinski definition) is 7. The molecule has 68 heavy (non-hydrogen) atoms. The van der Waals surface area contributed by atoms with Crippen LogP contribution in [0.1, 0.15) is 49.7 Å². The van der Waals surface area contributed by atoms with Crippen LogP contribution in [-0.4, -0.2) is 106 Å². The molecule has 3 aliphatic heterocycles. The van der Waals surface area contributed by atoms with Gasteiger partial charge < -0.3 is 55.1 Å². The largest absolute Gasteiger partial charge is 0.437 e. The molecule has 3 fully saturated rings. The predicted molar refractivity (Wildman–Crippen MR) is 287 cm³/mol. The van der Waals surface area contributed by atoms with Crippen molar-refractivity contribution in [2.45, 2.75) is 83.4 Å². The minimum atomic E-state index is -0.352. The van der Waals surface area contributed by atoms with Gasteiger partial charge in [0.2, 0.25) is 0 Å². The van der Waals surface area contributed by atoms with Gasteiger partial charge in [-0.25, -0.2) is 0 Å². The average Bonchev–Trinajstić information content (AvgIpc) is 4.18. The van der Waals surface area contributed by atoms with Crippen molar-refractivity contribution in [1.82, 2.24) is 29.9 Å². The van der Waals surface area contributed by atoms with Gasteiger partial charge in [0, 0.05) is 99.6 Å². The zero-order valence-electron chi connectivity index (χ0n) is 39.9. The van der Waals surface area contributed by atoms with Gasteiger partial charge in [-0.15, -0.1) is 0 Å². The Labute approximate surface area is 403 Å². The standard InChI is InChI=1S/C21H26BN3O.C20H23N3.C14H20BN3O/c1-22(26)24-13-10-19(11-14-24)25(16-17-5-3-2-4-6-17)20-7-8-21-18(15-20)9-12-23-21;1-2-4-16(5-3-1)15-23(18-9-11-21-12-10-18)19-6-7-20-17(14-19)8-13-22-20;1-15(19)18-8-5-12(6-9-18)17-13-2-3-14-11(10-13)4-7-16-14/h2-9,12,15,19,23,26H,10-11,13-14,16H2,1H3;1-8,13-14,18,21-22H,9-12,15H2;2-4,7,10,12,16-17,19H,5-6,8-9H2,1H3. The van der Waals surface area contributed by atoms with Crippen LogP contribution in [0.2, 0.25) is 13.6 Å². The predicted octanol–water partition coefficient (Wildman–Crippen LogP) is 9.83. The molecule has 0 saturated carbocycles. The van der Waals surface area contributed by atoms with Crippen LogP contribution in [0.5, 0.6) is 0 Å². The first kappa shape index (κ1) is 47.1. The van der Waals surface area contributed by atoms with Gasteiger partial charge in [-0.3, -0.25) is 0 Å².